The van der Waals surface area contributed by atoms with E-state index in [0.29, 0.717) is 15.6 Å². The Bertz CT molecular complexity index is 883. The first-order chi connectivity index (χ1) is 11.9. The van der Waals surface area contributed by atoms with Gasteiger partial charge in [-0.25, -0.2) is 9.69 Å². The molecule has 2 aromatic carbocycles. The lowest BCUT2D eigenvalue weighted by atomic mass is 10.2. The van der Waals surface area contributed by atoms with Gasteiger partial charge in [-0.2, -0.15) is 0 Å². The van der Waals surface area contributed by atoms with Crippen LogP contribution in [0.4, 0.5) is 5.69 Å². The van der Waals surface area contributed by atoms with Gasteiger partial charge in [0.05, 0.1) is 16.5 Å². The normalized spacial score (nSPS) is 17.2. The summed E-state index contributed by atoms with van der Waals surface area (Å²) >= 11 is 7.10. The van der Waals surface area contributed by atoms with Crippen LogP contribution in [0.25, 0.3) is 0 Å². The molecule has 1 aliphatic rings. The number of benzene rings is 2. The minimum Gasteiger partial charge on any atom is -0.478 e. The van der Waals surface area contributed by atoms with Crippen LogP contribution < -0.4 is 4.90 Å². The molecule has 3 rings (SSSR count). The van der Waals surface area contributed by atoms with Gasteiger partial charge in [-0.05, 0) is 42.8 Å². The van der Waals surface area contributed by atoms with E-state index in [2.05, 4.69) is 0 Å². The third-order valence-corrected chi connectivity index (χ3v) is 5.58. The third kappa shape index (κ3) is 3.41. The maximum absolute atomic E-state index is 12.7. The summed E-state index contributed by atoms with van der Waals surface area (Å²) < 4.78 is 0. The van der Waals surface area contributed by atoms with Crippen LogP contribution in [0.1, 0.15) is 22.3 Å². The predicted octanol–water partition coefficient (Wildman–Crippen LogP) is 3.77. The number of amides is 2. The fourth-order valence-corrected chi connectivity index (χ4v) is 3.93. The Labute approximate surface area is 153 Å². The number of thioether (sulfide) groups is 1. The second kappa shape index (κ2) is 6.90. The summed E-state index contributed by atoms with van der Waals surface area (Å²) in [4.78, 5) is 38.0. The molecule has 25 heavy (non-hydrogen) atoms. The molecular weight excluding hydrogens is 362 g/mol. The molecule has 128 valence electrons. The molecule has 1 N–H and O–H groups in total. The molecule has 0 aromatic heterocycles. The molecule has 7 heteroatoms. The standard InChI is InChI=1S/C18H14ClNO4S/c1-10-8-11(6-7-13(10)19)20-16(21)9-15(17(20)22)25-14-5-3-2-4-12(14)18(23)24/h2-8,15H,9H2,1H3,(H,23,24). The summed E-state index contributed by atoms with van der Waals surface area (Å²) in [5.74, 6) is -1.72. The monoisotopic (exact) mass is 375 g/mol. The van der Waals surface area contributed by atoms with Crippen LogP contribution in [0, 0.1) is 6.92 Å². The highest BCUT2D eigenvalue weighted by molar-refractivity contribution is 8.00. The Morgan fingerprint density at radius 2 is 1.96 bits per heavy atom. The molecule has 0 radical (unpaired) electrons. The molecular formula is C18H14ClNO4S. The minimum atomic E-state index is -1.06. The van der Waals surface area contributed by atoms with Gasteiger partial charge in [0, 0.05) is 16.3 Å². The van der Waals surface area contributed by atoms with Crippen molar-refractivity contribution in [3.8, 4) is 0 Å². The molecule has 0 aliphatic carbocycles. The number of carboxylic acid groups (broad SMARTS) is 1. The van der Waals surface area contributed by atoms with E-state index < -0.39 is 11.2 Å². The van der Waals surface area contributed by atoms with Gasteiger partial charge in [-0.3, -0.25) is 9.59 Å². The van der Waals surface area contributed by atoms with Gasteiger partial charge in [-0.15, -0.1) is 11.8 Å². The second-order valence-corrected chi connectivity index (χ2v) is 7.26. The molecule has 1 heterocycles. The topological polar surface area (TPSA) is 74.7 Å². The van der Waals surface area contributed by atoms with Crippen molar-refractivity contribution in [2.45, 2.75) is 23.5 Å². The number of carbonyl (C=O) groups excluding carboxylic acids is 2. The first-order valence-corrected chi connectivity index (χ1v) is 8.76. The Kier molecular flexibility index (Phi) is 4.83. The van der Waals surface area contributed by atoms with Crippen LogP contribution >= 0.6 is 23.4 Å². The molecule has 1 saturated heterocycles. The first-order valence-electron chi connectivity index (χ1n) is 7.50. The Morgan fingerprint density at radius 1 is 1.24 bits per heavy atom. The summed E-state index contributed by atoms with van der Waals surface area (Å²) in [6.45, 7) is 1.80. The van der Waals surface area contributed by atoms with E-state index in [0.717, 1.165) is 22.2 Å². The molecule has 0 spiro atoms. The number of carboxylic acids is 1. The highest BCUT2D eigenvalue weighted by Gasteiger charge is 2.40. The van der Waals surface area contributed by atoms with Crippen molar-refractivity contribution in [2.24, 2.45) is 0 Å². The number of carbonyl (C=O) groups is 3. The Balaban J connectivity index is 1.87. The van der Waals surface area contributed by atoms with E-state index in [1.165, 1.54) is 6.07 Å². The summed E-state index contributed by atoms with van der Waals surface area (Å²) in [5.41, 5.74) is 1.37. The zero-order valence-electron chi connectivity index (χ0n) is 13.2. The minimum absolute atomic E-state index is 0.0269. The highest BCUT2D eigenvalue weighted by Crippen LogP contribution is 2.36. The van der Waals surface area contributed by atoms with Gasteiger partial charge < -0.3 is 5.11 Å². The first kappa shape index (κ1) is 17.5. The smallest absolute Gasteiger partial charge is 0.336 e. The van der Waals surface area contributed by atoms with Crippen molar-refractivity contribution in [1.29, 1.82) is 0 Å². The number of nitrogens with zero attached hydrogens (tertiary/aromatic N) is 1. The Morgan fingerprint density at radius 3 is 2.64 bits per heavy atom. The van der Waals surface area contributed by atoms with Crippen LogP contribution in [-0.4, -0.2) is 28.1 Å². The van der Waals surface area contributed by atoms with E-state index in [9.17, 15) is 19.5 Å². The van der Waals surface area contributed by atoms with Crippen LogP contribution in [0.15, 0.2) is 47.4 Å². The van der Waals surface area contributed by atoms with Crippen LogP contribution in [0.3, 0.4) is 0 Å². The average Bonchev–Trinajstić information content (AvgIpc) is 2.84. The largest absolute Gasteiger partial charge is 0.478 e. The zero-order valence-corrected chi connectivity index (χ0v) is 14.8. The summed E-state index contributed by atoms with van der Waals surface area (Å²) in [6.07, 6.45) is 0.0269. The van der Waals surface area contributed by atoms with Crippen molar-refractivity contribution in [3.63, 3.8) is 0 Å². The maximum Gasteiger partial charge on any atom is 0.336 e. The van der Waals surface area contributed by atoms with Crippen molar-refractivity contribution >= 4 is 46.8 Å². The summed E-state index contributed by atoms with van der Waals surface area (Å²) in [6, 6.07) is 11.4. The lowest BCUT2D eigenvalue weighted by Crippen LogP contribution is -2.31. The lowest BCUT2D eigenvalue weighted by Gasteiger charge is -2.16. The van der Waals surface area contributed by atoms with Gasteiger partial charge in [-0.1, -0.05) is 23.7 Å². The molecule has 1 aliphatic heterocycles. The van der Waals surface area contributed by atoms with E-state index in [-0.39, 0.29) is 23.8 Å². The number of hydrogen-bond donors (Lipinski definition) is 1. The SMILES string of the molecule is Cc1cc(N2C(=O)CC(Sc3ccccc3C(=O)O)C2=O)ccc1Cl. The van der Waals surface area contributed by atoms with Crippen molar-refractivity contribution in [2.75, 3.05) is 4.90 Å². The fraction of sp³-hybridized carbons (Fsp3) is 0.167. The van der Waals surface area contributed by atoms with Crippen LogP contribution in [-0.2, 0) is 9.59 Å². The molecule has 1 atom stereocenters. The number of hydrogen-bond acceptors (Lipinski definition) is 4. The van der Waals surface area contributed by atoms with Crippen molar-refractivity contribution in [1.82, 2.24) is 0 Å². The average molecular weight is 376 g/mol. The predicted molar refractivity (Wildman–Crippen MR) is 96.3 cm³/mol. The summed E-state index contributed by atoms with van der Waals surface area (Å²) in [7, 11) is 0. The van der Waals surface area contributed by atoms with Crippen LogP contribution in [0.2, 0.25) is 5.02 Å². The maximum atomic E-state index is 12.7. The number of aromatic carboxylic acids is 1. The van der Waals surface area contributed by atoms with Crippen LogP contribution in [0.5, 0.6) is 0 Å². The van der Waals surface area contributed by atoms with E-state index >= 15 is 0 Å². The molecule has 0 saturated carbocycles. The number of imide groups is 1. The quantitative estimate of drug-likeness (QED) is 0.823. The van der Waals surface area contributed by atoms with E-state index in [1.807, 2.05) is 0 Å². The van der Waals surface area contributed by atoms with Crippen molar-refractivity contribution in [3.05, 3.63) is 58.6 Å². The molecule has 1 unspecified atom stereocenters. The molecule has 0 bridgehead atoms. The van der Waals surface area contributed by atoms with E-state index in [1.54, 1.807) is 43.3 Å². The number of rotatable bonds is 4. The third-order valence-electron chi connectivity index (χ3n) is 3.89. The second-order valence-electron chi connectivity index (χ2n) is 5.61. The molecule has 2 aromatic rings. The zero-order chi connectivity index (χ0) is 18.1. The summed E-state index contributed by atoms with van der Waals surface area (Å²) in [5, 5.41) is 9.17. The molecule has 2 amide bonds. The van der Waals surface area contributed by atoms with Crippen molar-refractivity contribution < 1.29 is 19.5 Å². The molecule has 5 nitrogen and oxygen atoms in total. The number of aryl methyl sites for hydroxylation is 1. The fourth-order valence-electron chi connectivity index (χ4n) is 2.63. The van der Waals surface area contributed by atoms with Gasteiger partial charge in [0.2, 0.25) is 11.8 Å². The molecule has 1 fully saturated rings. The van der Waals surface area contributed by atoms with E-state index in [4.69, 9.17) is 11.6 Å². The Hall–Kier alpha value is -2.31. The number of anilines is 1. The van der Waals surface area contributed by atoms with Gasteiger partial charge in [0.15, 0.2) is 0 Å². The number of halogens is 1. The highest BCUT2D eigenvalue weighted by atomic mass is 35.5. The van der Waals surface area contributed by atoms with Gasteiger partial charge >= 0.3 is 5.97 Å². The van der Waals surface area contributed by atoms with Gasteiger partial charge in [0.25, 0.3) is 0 Å². The van der Waals surface area contributed by atoms with Gasteiger partial charge in [0.1, 0.15) is 0 Å². The lowest BCUT2D eigenvalue weighted by molar-refractivity contribution is -0.121.